The van der Waals surface area contributed by atoms with E-state index in [1.54, 1.807) is 0 Å². The second-order valence-electron chi connectivity index (χ2n) is 5.21. The molecule has 0 radical (unpaired) electrons. The van der Waals surface area contributed by atoms with Gasteiger partial charge in [-0.25, -0.2) is 4.63 Å². The predicted octanol–water partition coefficient (Wildman–Crippen LogP) is -0.911. The van der Waals surface area contributed by atoms with Gasteiger partial charge in [0.2, 0.25) is 11.5 Å². The third kappa shape index (κ3) is 4.98. The number of nitrogens with two attached hydrogens (primary N) is 1. The van der Waals surface area contributed by atoms with Crippen LogP contribution in [0.4, 0.5) is 5.82 Å². The number of anilines is 1. The van der Waals surface area contributed by atoms with Crippen molar-refractivity contribution in [2.75, 3.05) is 18.8 Å². The number of hydrogen-bond acceptors (Lipinski definition) is 7. The van der Waals surface area contributed by atoms with Gasteiger partial charge >= 0.3 is 0 Å². The van der Waals surface area contributed by atoms with E-state index in [1.807, 2.05) is 36.4 Å². The van der Waals surface area contributed by atoms with Gasteiger partial charge in [0, 0.05) is 23.7 Å². The minimum Gasteiger partial charge on any atom is -1.00 e. The predicted molar refractivity (Wildman–Crippen MR) is 91.9 cm³/mol. The minimum atomic E-state index is -0.429. The van der Waals surface area contributed by atoms with Crippen molar-refractivity contribution in [2.24, 2.45) is 0 Å². The number of carbonyl (C=O) groups is 1. The van der Waals surface area contributed by atoms with Crippen LogP contribution in [-0.2, 0) is 6.54 Å². The normalized spacial score (nSPS) is 10.3. The van der Waals surface area contributed by atoms with E-state index in [9.17, 15) is 4.79 Å². The molecule has 3 rings (SSSR count). The summed E-state index contributed by atoms with van der Waals surface area (Å²) in [5.41, 5.74) is 6.35. The molecule has 0 atom stereocenters. The molecule has 26 heavy (non-hydrogen) atoms. The molecule has 0 aliphatic rings. The average Bonchev–Trinajstić information content (AvgIpc) is 3.23. The molecule has 1 aromatic carbocycles. The molecule has 0 aliphatic heterocycles. The molecule has 0 fully saturated rings. The highest BCUT2D eigenvalue weighted by atomic mass is 35.5. The Morgan fingerprint density at radius 3 is 2.77 bits per heavy atom. The van der Waals surface area contributed by atoms with Gasteiger partial charge in [-0.05, 0) is 34.6 Å². The molecule has 1 amide bonds. The molecular formula is C16H16Cl2N5O3-. The van der Waals surface area contributed by atoms with E-state index in [2.05, 4.69) is 25.6 Å². The van der Waals surface area contributed by atoms with Crippen LogP contribution in [0.15, 0.2) is 45.4 Å². The number of nitrogen functional groups attached to an aromatic ring is 1. The third-order valence-electron chi connectivity index (χ3n) is 3.39. The average molecular weight is 397 g/mol. The van der Waals surface area contributed by atoms with Gasteiger partial charge in [0.05, 0.1) is 6.54 Å². The van der Waals surface area contributed by atoms with Crippen LogP contribution in [0.2, 0.25) is 5.02 Å². The molecule has 4 N–H and O–H groups in total. The largest absolute Gasteiger partial charge is 1.00 e. The Bertz CT molecular complexity index is 865. The van der Waals surface area contributed by atoms with Crippen molar-refractivity contribution in [1.82, 2.24) is 20.9 Å². The molecule has 2 aromatic heterocycles. The number of nitrogens with one attached hydrogen (secondary N) is 2. The number of amides is 1. The summed E-state index contributed by atoms with van der Waals surface area (Å²) in [5.74, 6) is 1.07. The summed E-state index contributed by atoms with van der Waals surface area (Å²) in [6.45, 7) is 1.47. The minimum absolute atomic E-state index is 0. The first kappa shape index (κ1) is 19.8. The van der Waals surface area contributed by atoms with Crippen molar-refractivity contribution >= 4 is 23.3 Å². The van der Waals surface area contributed by atoms with Gasteiger partial charge in [0.1, 0.15) is 11.5 Å². The molecule has 0 bridgehead atoms. The summed E-state index contributed by atoms with van der Waals surface area (Å²) in [6.07, 6.45) is 0. The van der Waals surface area contributed by atoms with Crippen molar-refractivity contribution in [3.05, 3.63) is 52.9 Å². The molecule has 138 valence electrons. The Kier molecular flexibility index (Phi) is 7.02. The fourth-order valence-corrected chi connectivity index (χ4v) is 2.37. The molecule has 0 saturated heterocycles. The molecule has 3 aromatic rings. The molecule has 0 aliphatic carbocycles. The lowest BCUT2D eigenvalue weighted by atomic mass is 10.2. The molecule has 0 unspecified atom stereocenters. The SMILES string of the molecule is Nc1nonc1C(=O)NCCNCc1ccc(-c2cccc(Cl)c2)o1.[Cl-]. The maximum atomic E-state index is 11.7. The summed E-state index contributed by atoms with van der Waals surface area (Å²) < 4.78 is 10.1. The van der Waals surface area contributed by atoms with Gasteiger partial charge in [-0.15, -0.1) is 0 Å². The highest BCUT2D eigenvalue weighted by Gasteiger charge is 2.14. The molecular weight excluding hydrogens is 381 g/mol. The van der Waals surface area contributed by atoms with E-state index in [-0.39, 0.29) is 23.9 Å². The third-order valence-corrected chi connectivity index (χ3v) is 3.62. The maximum Gasteiger partial charge on any atom is 0.277 e. The Hall–Kier alpha value is -2.55. The standard InChI is InChI=1S/C16H16ClN5O3.ClH/c17-11-3-1-2-10(8-11)13-5-4-12(24-13)9-19-6-7-20-16(23)14-15(18)22-25-21-14;/h1-5,8,19H,6-7,9H2,(H2,18,22)(H,20,23);1H/p-1. The van der Waals surface area contributed by atoms with Crippen LogP contribution >= 0.6 is 11.6 Å². The lowest BCUT2D eigenvalue weighted by molar-refractivity contribution is -0.0000145. The van der Waals surface area contributed by atoms with Crippen molar-refractivity contribution in [3.8, 4) is 11.3 Å². The smallest absolute Gasteiger partial charge is 0.277 e. The maximum absolute atomic E-state index is 11.7. The fraction of sp³-hybridized carbons (Fsp3) is 0.188. The van der Waals surface area contributed by atoms with Crippen LogP contribution in [0.3, 0.4) is 0 Å². The summed E-state index contributed by atoms with van der Waals surface area (Å²) in [5, 5.41) is 13.3. The molecule has 0 spiro atoms. The lowest BCUT2D eigenvalue weighted by Gasteiger charge is -2.04. The van der Waals surface area contributed by atoms with E-state index < -0.39 is 5.91 Å². The van der Waals surface area contributed by atoms with Gasteiger partial charge < -0.3 is 33.2 Å². The fourth-order valence-electron chi connectivity index (χ4n) is 2.18. The van der Waals surface area contributed by atoms with Crippen molar-refractivity contribution in [2.45, 2.75) is 6.54 Å². The van der Waals surface area contributed by atoms with Crippen LogP contribution in [0.1, 0.15) is 16.2 Å². The summed E-state index contributed by atoms with van der Waals surface area (Å²) >= 11 is 5.98. The number of carbonyl (C=O) groups excluding carboxylic acids is 1. The van der Waals surface area contributed by atoms with Gasteiger partial charge in [-0.2, -0.15) is 0 Å². The number of rotatable bonds is 7. The van der Waals surface area contributed by atoms with Crippen molar-refractivity contribution < 1.29 is 26.2 Å². The van der Waals surface area contributed by atoms with Gasteiger partial charge in [0.15, 0.2) is 0 Å². The summed E-state index contributed by atoms with van der Waals surface area (Å²) in [6, 6.07) is 11.2. The van der Waals surface area contributed by atoms with Crippen LogP contribution in [0, 0.1) is 0 Å². The van der Waals surface area contributed by atoms with E-state index in [1.165, 1.54) is 0 Å². The number of halogens is 2. The topological polar surface area (TPSA) is 119 Å². The number of hydrogen-bond donors (Lipinski definition) is 3. The first-order chi connectivity index (χ1) is 12.1. The van der Waals surface area contributed by atoms with Crippen LogP contribution in [0.25, 0.3) is 11.3 Å². The highest BCUT2D eigenvalue weighted by Crippen LogP contribution is 2.24. The summed E-state index contributed by atoms with van der Waals surface area (Å²) in [4.78, 5) is 11.7. The first-order valence-corrected chi connectivity index (χ1v) is 7.93. The monoisotopic (exact) mass is 396 g/mol. The van der Waals surface area contributed by atoms with Crippen molar-refractivity contribution in [3.63, 3.8) is 0 Å². The lowest BCUT2D eigenvalue weighted by Crippen LogP contribution is -3.00. The van der Waals surface area contributed by atoms with Crippen molar-refractivity contribution in [1.29, 1.82) is 0 Å². The zero-order chi connectivity index (χ0) is 17.6. The molecule has 2 heterocycles. The Labute approximate surface area is 160 Å². The van der Waals surface area contributed by atoms with E-state index in [0.29, 0.717) is 24.7 Å². The van der Waals surface area contributed by atoms with Crippen LogP contribution in [-0.4, -0.2) is 29.3 Å². The second-order valence-corrected chi connectivity index (χ2v) is 5.64. The number of benzene rings is 1. The number of aromatic nitrogens is 2. The first-order valence-electron chi connectivity index (χ1n) is 7.55. The molecule has 0 saturated carbocycles. The Morgan fingerprint density at radius 1 is 1.19 bits per heavy atom. The van der Waals surface area contributed by atoms with Gasteiger partial charge in [0.25, 0.3) is 5.91 Å². The Morgan fingerprint density at radius 2 is 2.04 bits per heavy atom. The summed E-state index contributed by atoms with van der Waals surface area (Å²) in [7, 11) is 0. The Balaban J connectivity index is 0.00000243. The highest BCUT2D eigenvalue weighted by molar-refractivity contribution is 6.30. The second kappa shape index (κ2) is 9.23. The quantitative estimate of drug-likeness (QED) is 0.442. The number of nitrogens with zero attached hydrogens (tertiary/aromatic N) is 2. The van der Waals surface area contributed by atoms with E-state index in [4.69, 9.17) is 21.8 Å². The van der Waals surface area contributed by atoms with Gasteiger partial charge in [-0.3, -0.25) is 4.79 Å². The van der Waals surface area contributed by atoms with Crippen LogP contribution < -0.4 is 28.8 Å². The number of furan rings is 1. The van der Waals surface area contributed by atoms with E-state index >= 15 is 0 Å². The van der Waals surface area contributed by atoms with Crippen LogP contribution in [0.5, 0.6) is 0 Å². The van der Waals surface area contributed by atoms with E-state index in [0.717, 1.165) is 17.1 Å². The molecule has 8 nitrogen and oxygen atoms in total. The zero-order valence-corrected chi connectivity index (χ0v) is 15.0. The molecule has 10 heteroatoms. The van der Waals surface area contributed by atoms with Gasteiger partial charge in [-0.1, -0.05) is 23.7 Å². The zero-order valence-electron chi connectivity index (χ0n) is 13.5.